The lowest BCUT2D eigenvalue weighted by Gasteiger charge is -2.16. The van der Waals surface area contributed by atoms with Crippen LogP contribution in [0.5, 0.6) is 5.75 Å². The van der Waals surface area contributed by atoms with Gasteiger partial charge in [0.25, 0.3) is 0 Å². The quantitative estimate of drug-likeness (QED) is 0.570. The predicted molar refractivity (Wildman–Crippen MR) is 61.9 cm³/mol. The van der Waals surface area contributed by atoms with Crippen molar-refractivity contribution in [3.8, 4) is 5.75 Å². The van der Waals surface area contributed by atoms with E-state index >= 15 is 0 Å². The monoisotopic (exact) mass is 206 g/mol. The van der Waals surface area contributed by atoms with Gasteiger partial charge in [-0.3, -0.25) is 0 Å². The number of allylic oxidation sites excluding steroid dienone is 1. The number of rotatable bonds is 6. The standard InChI is InChI=1S/C13H18O2/c1-3-4-5-10-13(15-2)11-8-6-7-9-12(11)14/h3,6-9,13-14H,1,4-5,10H2,2H3. The SMILES string of the molecule is C=CCCCC(OC)c1ccccc1O. The van der Waals surface area contributed by atoms with Crippen LogP contribution in [0.2, 0.25) is 0 Å². The summed E-state index contributed by atoms with van der Waals surface area (Å²) in [5, 5.41) is 9.67. The minimum Gasteiger partial charge on any atom is -0.508 e. The van der Waals surface area contributed by atoms with Crippen molar-refractivity contribution in [3.63, 3.8) is 0 Å². The minimum absolute atomic E-state index is 0.0221. The Morgan fingerprint density at radius 2 is 2.20 bits per heavy atom. The summed E-state index contributed by atoms with van der Waals surface area (Å²) in [4.78, 5) is 0. The van der Waals surface area contributed by atoms with Crippen LogP contribution >= 0.6 is 0 Å². The van der Waals surface area contributed by atoms with E-state index < -0.39 is 0 Å². The molecule has 0 aromatic heterocycles. The molecule has 1 rings (SSSR count). The van der Waals surface area contributed by atoms with Crippen LogP contribution in [0.25, 0.3) is 0 Å². The van der Waals surface area contributed by atoms with Crippen LogP contribution in [0, 0.1) is 0 Å². The Hall–Kier alpha value is -1.28. The third-order valence-corrected chi connectivity index (χ3v) is 2.44. The summed E-state index contributed by atoms with van der Waals surface area (Å²) < 4.78 is 5.37. The lowest BCUT2D eigenvalue weighted by Crippen LogP contribution is -2.01. The van der Waals surface area contributed by atoms with E-state index in [0.717, 1.165) is 24.8 Å². The van der Waals surface area contributed by atoms with Crippen molar-refractivity contribution >= 4 is 0 Å². The summed E-state index contributed by atoms with van der Waals surface area (Å²) >= 11 is 0. The van der Waals surface area contributed by atoms with Crippen molar-refractivity contribution in [2.24, 2.45) is 0 Å². The van der Waals surface area contributed by atoms with Gasteiger partial charge in [-0.15, -0.1) is 6.58 Å². The van der Waals surface area contributed by atoms with Crippen molar-refractivity contribution in [3.05, 3.63) is 42.5 Å². The first-order chi connectivity index (χ1) is 7.29. The summed E-state index contributed by atoms with van der Waals surface area (Å²) in [6.07, 6.45) is 4.78. The fourth-order valence-corrected chi connectivity index (χ4v) is 1.61. The van der Waals surface area contributed by atoms with Gasteiger partial charge >= 0.3 is 0 Å². The number of phenolic OH excluding ortho intramolecular Hbond substituents is 1. The number of aromatic hydroxyl groups is 1. The van der Waals surface area contributed by atoms with Gasteiger partial charge in [-0.05, 0) is 25.3 Å². The summed E-state index contributed by atoms with van der Waals surface area (Å²) in [6.45, 7) is 3.68. The van der Waals surface area contributed by atoms with E-state index in [0.29, 0.717) is 5.75 Å². The Labute approximate surface area is 91.2 Å². The highest BCUT2D eigenvalue weighted by Crippen LogP contribution is 2.29. The van der Waals surface area contributed by atoms with Crippen molar-refractivity contribution in [1.82, 2.24) is 0 Å². The minimum atomic E-state index is -0.0221. The molecule has 0 amide bonds. The maximum Gasteiger partial charge on any atom is 0.121 e. The molecule has 0 aliphatic carbocycles. The number of unbranched alkanes of at least 4 members (excludes halogenated alkanes) is 1. The molecule has 0 aliphatic heterocycles. The summed E-state index contributed by atoms with van der Waals surface area (Å²) in [5.41, 5.74) is 0.865. The lowest BCUT2D eigenvalue weighted by atomic mass is 10.0. The molecule has 15 heavy (non-hydrogen) atoms. The molecule has 0 aliphatic rings. The van der Waals surface area contributed by atoms with E-state index in [2.05, 4.69) is 6.58 Å². The van der Waals surface area contributed by atoms with Gasteiger partial charge in [-0.2, -0.15) is 0 Å². The van der Waals surface area contributed by atoms with Crippen molar-refractivity contribution in [2.75, 3.05) is 7.11 Å². The van der Waals surface area contributed by atoms with Crippen LogP contribution in [-0.2, 0) is 4.74 Å². The molecule has 1 atom stereocenters. The zero-order chi connectivity index (χ0) is 11.1. The van der Waals surface area contributed by atoms with E-state index in [1.54, 1.807) is 13.2 Å². The second-order valence-electron chi connectivity index (χ2n) is 3.50. The number of hydrogen-bond donors (Lipinski definition) is 1. The molecule has 2 heteroatoms. The van der Waals surface area contributed by atoms with E-state index in [4.69, 9.17) is 4.74 Å². The van der Waals surface area contributed by atoms with Crippen molar-refractivity contribution < 1.29 is 9.84 Å². The first kappa shape index (κ1) is 11.8. The molecule has 0 spiro atoms. The van der Waals surface area contributed by atoms with Crippen molar-refractivity contribution in [2.45, 2.75) is 25.4 Å². The first-order valence-electron chi connectivity index (χ1n) is 5.21. The highest BCUT2D eigenvalue weighted by atomic mass is 16.5. The van der Waals surface area contributed by atoms with Gasteiger partial charge in [0.2, 0.25) is 0 Å². The summed E-state index contributed by atoms with van der Waals surface area (Å²) in [6, 6.07) is 7.32. The van der Waals surface area contributed by atoms with E-state index in [9.17, 15) is 5.11 Å². The summed E-state index contributed by atoms with van der Waals surface area (Å²) in [5.74, 6) is 0.308. The van der Waals surface area contributed by atoms with Gasteiger partial charge in [0.1, 0.15) is 5.75 Å². The highest BCUT2D eigenvalue weighted by Gasteiger charge is 2.13. The molecular formula is C13H18O2. The zero-order valence-corrected chi connectivity index (χ0v) is 9.15. The molecule has 82 valence electrons. The van der Waals surface area contributed by atoms with Gasteiger partial charge in [0.05, 0.1) is 6.10 Å². The number of benzene rings is 1. The average molecular weight is 206 g/mol. The highest BCUT2D eigenvalue weighted by molar-refractivity contribution is 5.33. The molecule has 1 aromatic rings. The molecule has 0 saturated carbocycles. The molecule has 1 aromatic carbocycles. The Morgan fingerprint density at radius 3 is 2.80 bits per heavy atom. The number of para-hydroxylation sites is 1. The van der Waals surface area contributed by atoms with Crippen LogP contribution < -0.4 is 0 Å². The van der Waals surface area contributed by atoms with Gasteiger partial charge in [0, 0.05) is 12.7 Å². The van der Waals surface area contributed by atoms with Crippen LogP contribution in [0.15, 0.2) is 36.9 Å². The van der Waals surface area contributed by atoms with E-state index in [1.807, 2.05) is 24.3 Å². The third kappa shape index (κ3) is 3.40. The second-order valence-corrected chi connectivity index (χ2v) is 3.50. The van der Waals surface area contributed by atoms with Gasteiger partial charge < -0.3 is 9.84 Å². The largest absolute Gasteiger partial charge is 0.508 e. The number of hydrogen-bond acceptors (Lipinski definition) is 2. The van der Waals surface area contributed by atoms with E-state index in [-0.39, 0.29) is 6.10 Å². The number of methoxy groups -OCH3 is 1. The predicted octanol–water partition coefficient (Wildman–Crippen LogP) is 3.44. The van der Waals surface area contributed by atoms with Crippen LogP contribution in [0.1, 0.15) is 30.9 Å². The zero-order valence-electron chi connectivity index (χ0n) is 9.15. The molecule has 0 fully saturated rings. The number of phenols is 1. The van der Waals surface area contributed by atoms with Gasteiger partial charge in [0.15, 0.2) is 0 Å². The Bertz CT molecular complexity index is 307. The molecule has 0 heterocycles. The fraction of sp³-hybridized carbons (Fsp3) is 0.385. The van der Waals surface area contributed by atoms with Gasteiger partial charge in [-0.1, -0.05) is 24.3 Å². The second kappa shape index (κ2) is 6.25. The van der Waals surface area contributed by atoms with Gasteiger partial charge in [-0.25, -0.2) is 0 Å². The number of ether oxygens (including phenoxy) is 1. The molecule has 1 unspecified atom stereocenters. The maximum atomic E-state index is 9.67. The van der Waals surface area contributed by atoms with E-state index in [1.165, 1.54) is 0 Å². The Kier molecular flexibility index (Phi) is 4.91. The van der Waals surface area contributed by atoms with Crippen LogP contribution in [0.4, 0.5) is 0 Å². The normalized spacial score (nSPS) is 12.3. The maximum absolute atomic E-state index is 9.67. The average Bonchev–Trinajstić information content (AvgIpc) is 2.26. The third-order valence-electron chi connectivity index (χ3n) is 2.44. The summed E-state index contributed by atoms with van der Waals surface area (Å²) in [7, 11) is 1.67. The Balaban J connectivity index is 2.65. The molecular weight excluding hydrogens is 188 g/mol. The van der Waals surface area contributed by atoms with Crippen LogP contribution in [0.3, 0.4) is 0 Å². The van der Waals surface area contributed by atoms with Crippen molar-refractivity contribution in [1.29, 1.82) is 0 Å². The molecule has 0 bridgehead atoms. The Morgan fingerprint density at radius 1 is 1.47 bits per heavy atom. The topological polar surface area (TPSA) is 29.5 Å². The molecule has 0 saturated heterocycles. The lowest BCUT2D eigenvalue weighted by molar-refractivity contribution is 0.0918. The molecule has 2 nitrogen and oxygen atoms in total. The molecule has 1 N–H and O–H groups in total. The molecule has 0 radical (unpaired) electrons. The fourth-order valence-electron chi connectivity index (χ4n) is 1.61. The first-order valence-corrected chi connectivity index (χ1v) is 5.21. The smallest absolute Gasteiger partial charge is 0.121 e. The van der Waals surface area contributed by atoms with Crippen LogP contribution in [-0.4, -0.2) is 12.2 Å².